The van der Waals surface area contributed by atoms with Gasteiger partial charge in [0.1, 0.15) is 5.60 Å². The average molecular weight is 359 g/mol. The molecule has 0 bridgehead atoms. The van der Waals surface area contributed by atoms with Gasteiger partial charge in [-0.05, 0) is 32.4 Å². The molecular weight excluding hydrogens is 341 g/mol. The minimum absolute atomic E-state index is 0.0186. The van der Waals surface area contributed by atoms with Crippen molar-refractivity contribution in [2.45, 2.75) is 32.3 Å². The van der Waals surface area contributed by atoms with Gasteiger partial charge in [0.05, 0.1) is 10.0 Å². The summed E-state index contributed by atoms with van der Waals surface area (Å²) in [5, 5.41) is 12.1. The maximum absolute atomic E-state index is 12.2. The molecule has 0 unspecified atom stereocenters. The summed E-state index contributed by atoms with van der Waals surface area (Å²) >= 11 is 12.2. The number of halogens is 2. The molecule has 23 heavy (non-hydrogen) atoms. The fourth-order valence-electron chi connectivity index (χ4n) is 2.64. The normalized spacial score (nSPS) is 21.3. The van der Waals surface area contributed by atoms with Gasteiger partial charge < -0.3 is 19.5 Å². The van der Waals surface area contributed by atoms with Crippen LogP contribution in [0.15, 0.2) is 18.2 Å². The minimum Gasteiger partial charge on any atom is -0.550 e. The molecule has 0 aliphatic carbocycles. The Morgan fingerprint density at radius 3 is 2.48 bits per heavy atom. The molecule has 2 atom stereocenters. The third-order valence-electron chi connectivity index (χ3n) is 3.66. The molecule has 1 aliphatic heterocycles. The predicted molar refractivity (Wildman–Crippen MR) is 85.5 cm³/mol. The van der Waals surface area contributed by atoms with E-state index in [0.29, 0.717) is 15.6 Å². The molecule has 1 fully saturated rings. The summed E-state index contributed by atoms with van der Waals surface area (Å²) in [6.45, 7) is 5.46. The number of benzene rings is 1. The Hall–Kier alpha value is -1.46. The van der Waals surface area contributed by atoms with E-state index in [9.17, 15) is 14.7 Å². The topological polar surface area (TPSA) is 69.7 Å². The van der Waals surface area contributed by atoms with Crippen molar-refractivity contribution in [2.24, 2.45) is 5.92 Å². The molecule has 0 aromatic heterocycles. The van der Waals surface area contributed by atoms with E-state index < -0.39 is 29.5 Å². The van der Waals surface area contributed by atoms with Gasteiger partial charge in [-0.2, -0.15) is 0 Å². The zero-order chi connectivity index (χ0) is 17.4. The summed E-state index contributed by atoms with van der Waals surface area (Å²) in [4.78, 5) is 25.0. The number of carbonyl (C=O) groups is 2. The Morgan fingerprint density at radius 2 is 1.91 bits per heavy atom. The van der Waals surface area contributed by atoms with E-state index in [4.69, 9.17) is 27.9 Å². The van der Waals surface area contributed by atoms with Crippen LogP contribution in [0.3, 0.4) is 0 Å². The number of carboxylic acids is 1. The molecular formula is C16H18Cl2NO4-. The van der Waals surface area contributed by atoms with Crippen LogP contribution in [-0.2, 0) is 9.53 Å². The molecule has 1 amide bonds. The lowest BCUT2D eigenvalue weighted by molar-refractivity contribution is -0.311. The van der Waals surface area contributed by atoms with E-state index in [2.05, 4.69) is 0 Å². The van der Waals surface area contributed by atoms with Crippen molar-refractivity contribution >= 4 is 35.3 Å². The van der Waals surface area contributed by atoms with Crippen molar-refractivity contribution in [3.05, 3.63) is 33.8 Å². The lowest BCUT2D eigenvalue weighted by atomic mass is 9.89. The van der Waals surface area contributed by atoms with Crippen molar-refractivity contribution in [2.75, 3.05) is 13.1 Å². The van der Waals surface area contributed by atoms with Crippen LogP contribution in [0.1, 0.15) is 32.3 Å². The second kappa shape index (κ2) is 6.57. The Kier molecular flexibility index (Phi) is 5.11. The summed E-state index contributed by atoms with van der Waals surface area (Å²) < 4.78 is 5.30. The number of nitrogens with zero attached hydrogens (tertiary/aromatic N) is 1. The molecule has 1 aromatic carbocycles. The predicted octanol–water partition coefficient (Wildman–Crippen LogP) is 2.69. The highest BCUT2D eigenvalue weighted by Gasteiger charge is 2.39. The largest absolute Gasteiger partial charge is 0.550 e. The van der Waals surface area contributed by atoms with E-state index in [1.165, 1.54) is 4.90 Å². The smallest absolute Gasteiger partial charge is 0.410 e. The second-order valence-corrected chi connectivity index (χ2v) is 7.35. The summed E-state index contributed by atoms with van der Waals surface area (Å²) in [6, 6.07) is 5.04. The van der Waals surface area contributed by atoms with Gasteiger partial charge in [-0.1, -0.05) is 35.3 Å². The van der Waals surface area contributed by atoms with Crippen LogP contribution in [0.5, 0.6) is 0 Å². The number of likely N-dealkylation sites (tertiary alicyclic amines) is 1. The van der Waals surface area contributed by atoms with E-state index in [0.717, 1.165) is 0 Å². The third-order valence-corrected chi connectivity index (χ3v) is 4.49. The molecule has 0 spiro atoms. The van der Waals surface area contributed by atoms with Gasteiger partial charge in [0.25, 0.3) is 0 Å². The summed E-state index contributed by atoms with van der Waals surface area (Å²) in [5.74, 6) is -2.57. The minimum atomic E-state index is -1.22. The Morgan fingerprint density at radius 1 is 1.26 bits per heavy atom. The molecule has 0 saturated carbocycles. The SMILES string of the molecule is CC(C)(C)OC(=O)N1C[C@@H](C(=O)[O-])[C@H](c2cccc(Cl)c2Cl)C1. The van der Waals surface area contributed by atoms with Gasteiger partial charge in [-0.25, -0.2) is 4.79 Å². The van der Waals surface area contributed by atoms with Crippen LogP contribution < -0.4 is 5.11 Å². The fraction of sp³-hybridized carbons (Fsp3) is 0.500. The average Bonchev–Trinajstić information content (AvgIpc) is 2.85. The number of ether oxygens (including phenoxy) is 1. The lowest BCUT2D eigenvalue weighted by Gasteiger charge is -2.24. The highest BCUT2D eigenvalue weighted by molar-refractivity contribution is 6.42. The van der Waals surface area contributed by atoms with Gasteiger partial charge in [-0.3, -0.25) is 0 Å². The molecule has 0 N–H and O–H groups in total. The quantitative estimate of drug-likeness (QED) is 0.814. The second-order valence-electron chi connectivity index (χ2n) is 6.56. The molecule has 126 valence electrons. The first kappa shape index (κ1) is 17.9. The van der Waals surface area contributed by atoms with Crippen LogP contribution in [0, 0.1) is 5.92 Å². The maximum Gasteiger partial charge on any atom is 0.410 e. The summed E-state index contributed by atoms with van der Waals surface area (Å²) in [5.41, 5.74) is -0.0562. The van der Waals surface area contributed by atoms with E-state index >= 15 is 0 Å². The van der Waals surface area contributed by atoms with Gasteiger partial charge in [0.2, 0.25) is 0 Å². The van der Waals surface area contributed by atoms with Gasteiger partial charge in [0.15, 0.2) is 0 Å². The molecule has 1 saturated heterocycles. The van der Waals surface area contributed by atoms with Crippen LogP contribution in [0.2, 0.25) is 10.0 Å². The summed E-state index contributed by atoms with van der Waals surface area (Å²) in [7, 11) is 0. The number of carbonyl (C=O) groups excluding carboxylic acids is 2. The van der Waals surface area contributed by atoms with E-state index in [-0.39, 0.29) is 13.1 Å². The molecule has 1 heterocycles. The zero-order valence-electron chi connectivity index (χ0n) is 13.1. The molecule has 0 radical (unpaired) electrons. The molecule has 7 heteroatoms. The Bertz CT molecular complexity index is 627. The van der Waals surface area contributed by atoms with Crippen LogP contribution >= 0.6 is 23.2 Å². The highest BCUT2D eigenvalue weighted by atomic mass is 35.5. The van der Waals surface area contributed by atoms with E-state index in [1.807, 2.05) is 0 Å². The number of hydrogen-bond donors (Lipinski definition) is 0. The lowest BCUT2D eigenvalue weighted by Crippen LogP contribution is -2.38. The van der Waals surface area contributed by atoms with Gasteiger partial charge in [-0.15, -0.1) is 0 Å². The number of rotatable bonds is 2. The zero-order valence-corrected chi connectivity index (χ0v) is 14.6. The first-order valence-corrected chi connectivity index (χ1v) is 7.98. The molecule has 2 rings (SSSR count). The van der Waals surface area contributed by atoms with E-state index in [1.54, 1.807) is 39.0 Å². The van der Waals surface area contributed by atoms with Crippen LogP contribution in [0.4, 0.5) is 4.79 Å². The third kappa shape index (κ3) is 4.09. The van der Waals surface area contributed by atoms with Crippen molar-refractivity contribution < 1.29 is 19.4 Å². The Labute approximate surface area is 145 Å². The van der Waals surface area contributed by atoms with Crippen LogP contribution in [0.25, 0.3) is 0 Å². The molecule has 1 aliphatic rings. The monoisotopic (exact) mass is 358 g/mol. The number of hydrogen-bond acceptors (Lipinski definition) is 4. The fourth-order valence-corrected chi connectivity index (χ4v) is 3.09. The van der Waals surface area contributed by atoms with Crippen molar-refractivity contribution in [3.8, 4) is 0 Å². The summed E-state index contributed by atoms with van der Waals surface area (Å²) in [6.07, 6.45) is -0.551. The van der Waals surface area contributed by atoms with Crippen molar-refractivity contribution in [1.29, 1.82) is 0 Å². The number of aliphatic carboxylic acids is 1. The molecule has 5 nitrogen and oxygen atoms in total. The standard InChI is InChI=1S/C16H19Cl2NO4/c1-16(2,3)23-15(22)19-7-10(11(8-19)14(20)21)9-5-4-6-12(17)13(9)18/h4-6,10-11H,7-8H2,1-3H3,(H,20,21)/p-1/t10-,11+/m0/s1. The first-order chi connectivity index (χ1) is 10.6. The van der Waals surface area contributed by atoms with Gasteiger partial charge in [0, 0.05) is 30.9 Å². The van der Waals surface area contributed by atoms with Gasteiger partial charge >= 0.3 is 6.09 Å². The maximum atomic E-state index is 12.2. The number of amides is 1. The molecule has 1 aromatic rings. The van der Waals surface area contributed by atoms with Crippen LogP contribution in [-0.4, -0.2) is 35.7 Å². The number of carboxylic acid groups (broad SMARTS) is 1. The van der Waals surface area contributed by atoms with Crippen molar-refractivity contribution in [3.63, 3.8) is 0 Å². The Balaban J connectivity index is 2.27. The highest BCUT2D eigenvalue weighted by Crippen LogP contribution is 2.39. The van der Waals surface area contributed by atoms with Crippen molar-refractivity contribution in [1.82, 2.24) is 4.90 Å². The first-order valence-electron chi connectivity index (χ1n) is 7.23.